The Labute approximate surface area is 143 Å². The summed E-state index contributed by atoms with van der Waals surface area (Å²) >= 11 is 11.8. The third-order valence-electron chi connectivity index (χ3n) is 3.46. The van der Waals surface area contributed by atoms with Gasteiger partial charge in [-0.15, -0.1) is 0 Å². The minimum atomic E-state index is -0.374. The summed E-state index contributed by atoms with van der Waals surface area (Å²) < 4.78 is 0. The molecule has 23 heavy (non-hydrogen) atoms. The lowest BCUT2D eigenvalue weighted by molar-refractivity contribution is 0.0952. The number of benzene rings is 2. The minimum Gasteiger partial charge on any atom is -0.349 e. The van der Waals surface area contributed by atoms with Crippen molar-refractivity contribution in [3.63, 3.8) is 0 Å². The molecule has 0 aromatic heterocycles. The van der Waals surface area contributed by atoms with Crippen LogP contribution in [0.2, 0.25) is 10.0 Å². The fraction of sp³-hybridized carbons (Fsp3) is 0.176. The van der Waals surface area contributed by atoms with Crippen molar-refractivity contribution in [3.8, 4) is 0 Å². The summed E-state index contributed by atoms with van der Waals surface area (Å²) in [6.45, 7) is 0. The highest BCUT2D eigenvalue weighted by Crippen LogP contribution is 2.23. The van der Waals surface area contributed by atoms with Crippen LogP contribution in [0.4, 0.5) is 5.69 Å². The van der Waals surface area contributed by atoms with Crippen LogP contribution in [-0.4, -0.2) is 17.9 Å². The summed E-state index contributed by atoms with van der Waals surface area (Å²) in [5, 5.41) is 6.40. The molecule has 1 aliphatic carbocycles. The average molecular weight is 349 g/mol. The number of rotatable bonds is 4. The van der Waals surface area contributed by atoms with Crippen LogP contribution in [0.1, 0.15) is 33.6 Å². The first kappa shape index (κ1) is 15.8. The molecule has 0 heterocycles. The zero-order valence-electron chi connectivity index (χ0n) is 12.1. The van der Waals surface area contributed by atoms with Crippen molar-refractivity contribution in [1.29, 1.82) is 0 Å². The van der Waals surface area contributed by atoms with Crippen LogP contribution in [0.3, 0.4) is 0 Å². The van der Waals surface area contributed by atoms with E-state index < -0.39 is 0 Å². The van der Waals surface area contributed by atoms with Crippen LogP contribution in [-0.2, 0) is 0 Å². The van der Waals surface area contributed by atoms with Crippen molar-refractivity contribution >= 4 is 40.7 Å². The van der Waals surface area contributed by atoms with Crippen LogP contribution < -0.4 is 10.6 Å². The minimum absolute atomic E-state index is 0.187. The van der Waals surface area contributed by atoms with Crippen molar-refractivity contribution in [2.45, 2.75) is 18.9 Å². The SMILES string of the molecule is O=C(Nc1ccccc1C(=O)NC1CC1)c1cc(Cl)cc(Cl)c1. The van der Waals surface area contributed by atoms with E-state index in [1.54, 1.807) is 30.3 Å². The number of nitrogens with one attached hydrogen (secondary N) is 2. The normalized spacial score (nSPS) is 13.5. The quantitative estimate of drug-likeness (QED) is 0.872. The predicted molar refractivity (Wildman–Crippen MR) is 91.3 cm³/mol. The van der Waals surface area contributed by atoms with Gasteiger partial charge in [-0.1, -0.05) is 35.3 Å². The smallest absolute Gasteiger partial charge is 0.255 e. The molecule has 1 saturated carbocycles. The molecule has 6 heteroatoms. The van der Waals surface area contributed by atoms with Crippen LogP contribution in [0.5, 0.6) is 0 Å². The second kappa shape index (κ2) is 6.60. The zero-order valence-corrected chi connectivity index (χ0v) is 13.6. The lowest BCUT2D eigenvalue weighted by Gasteiger charge is -2.11. The third kappa shape index (κ3) is 4.03. The van der Waals surface area contributed by atoms with Gasteiger partial charge in [-0.2, -0.15) is 0 Å². The molecular formula is C17H14Cl2N2O2. The lowest BCUT2D eigenvalue weighted by atomic mass is 10.1. The molecule has 2 aromatic carbocycles. The Balaban J connectivity index is 1.81. The number of amides is 2. The fourth-order valence-corrected chi connectivity index (χ4v) is 2.69. The van der Waals surface area contributed by atoms with E-state index in [0.717, 1.165) is 12.8 Å². The number of carbonyl (C=O) groups is 2. The molecule has 2 N–H and O–H groups in total. The van der Waals surface area contributed by atoms with E-state index in [4.69, 9.17) is 23.2 Å². The number of para-hydroxylation sites is 1. The third-order valence-corrected chi connectivity index (χ3v) is 3.89. The van der Waals surface area contributed by atoms with E-state index in [1.807, 2.05) is 0 Å². The Morgan fingerprint density at radius 3 is 2.26 bits per heavy atom. The molecule has 118 valence electrons. The predicted octanol–water partition coefficient (Wildman–Crippen LogP) is 4.14. The highest BCUT2D eigenvalue weighted by molar-refractivity contribution is 6.35. The first-order valence-corrected chi connectivity index (χ1v) is 7.96. The molecule has 3 rings (SSSR count). The largest absolute Gasteiger partial charge is 0.349 e. The van der Waals surface area contributed by atoms with E-state index in [-0.39, 0.29) is 17.9 Å². The monoisotopic (exact) mass is 348 g/mol. The highest BCUT2D eigenvalue weighted by Gasteiger charge is 2.25. The van der Waals surface area contributed by atoms with Gasteiger partial charge in [0, 0.05) is 21.7 Å². The summed E-state index contributed by atoms with van der Waals surface area (Å²) in [6.07, 6.45) is 2.00. The average Bonchev–Trinajstić information content (AvgIpc) is 3.30. The Kier molecular flexibility index (Phi) is 4.55. The fourth-order valence-electron chi connectivity index (χ4n) is 2.16. The standard InChI is InChI=1S/C17H14Cl2N2O2/c18-11-7-10(8-12(19)9-11)16(22)21-15-4-2-1-3-14(15)17(23)20-13-5-6-13/h1-4,7-9,13H,5-6H2,(H,20,23)(H,21,22). The topological polar surface area (TPSA) is 58.2 Å². The number of anilines is 1. The number of hydrogen-bond donors (Lipinski definition) is 2. The number of hydrogen-bond acceptors (Lipinski definition) is 2. The molecule has 0 saturated heterocycles. The molecule has 1 fully saturated rings. The van der Waals surface area contributed by atoms with Gasteiger partial charge in [-0.05, 0) is 43.2 Å². The van der Waals surface area contributed by atoms with Crippen molar-refractivity contribution in [1.82, 2.24) is 5.32 Å². The van der Waals surface area contributed by atoms with E-state index >= 15 is 0 Å². The summed E-state index contributed by atoms with van der Waals surface area (Å²) in [5.41, 5.74) is 1.22. The van der Waals surface area contributed by atoms with Gasteiger partial charge in [0.2, 0.25) is 0 Å². The first-order chi connectivity index (χ1) is 11.0. The molecule has 0 unspecified atom stereocenters. The van der Waals surface area contributed by atoms with Crippen LogP contribution in [0, 0.1) is 0 Å². The van der Waals surface area contributed by atoms with Gasteiger partial charge in [0.1, 0.15) is 0 Å². The van der Waals surface area contributed by atoms with Gasteiger partial charge in [0.05, 0.1) is 11.3 Å². The van der Waals surface area contributed by atoms with Gasteiger partial charge < -0.3 is 10.6 Å². The highest BCUT2D eigenvalue weighted by atomic mass is 35.5. The first-order valence-electron chi connectivity index (χ1n) is 7.20. The number of carbonyl (C=O) groups excluding carboxylic acids is 2. The second-order valence-electron chi connectivity index (χ2n) is 5.41. The Morgan fingerprint density at radius 2 is 1.61 bits per heavy atom. The van der Waals surface area contributed by atoms with Gasteiger partial charge in [-0.3, -0.25) is 9.59 Å². The summed E-state index contributed by atoms with van der Waals surface area (Å²) in [7, 11) is 0. The van der Waals surface area contributed by atoms with Crippen molar-refractivity contribution < 1.29 is 9.59 Å². The van der Waals surface area contributed by atoms with E-state index in [1.165, 1.54) is 12.1 Å². The van der Waals surface area contributed by atoms with Gasteiger partial charge in [-0.25, -0.2) is 0 Å². The van der Waals surface area contributed by atoms with Gasteiger partial charge in [0.25, 0.3) is 11.8 Å². The maximum atomic E-state index is 12.4. The molecule has 0 radical (unpaired) electrons. The summed E-state index contributed by atoms with van der Waals surface area (Å²) in [4.78, 5) is 24.6. The van der Waals surface area contributed by atoms with Crippen molar-refractivity contribution in [3.05, 3.63) is 63.6 Å². The van der Waals surface area contributed by atoms with Crippen molar-refractivity contribution in [2.75, 3.05) is 5.32 Å². The molecule has 2 aromatic rings. The van der Waals surface area contributed by atoms with Crippen LogP contribution in [0.25, 0.3) is 0 Å². The Hall–Kier alpha value is -2.04. The molecule has 2 amide bonds. The van der Waals surface area contributed by atoms with E-state index in [9.17, 15) is 9.59 Å². The molecule has 4 nitrogen and oxygen atoms in total. The molecule has 0 aliphatic heterocycles. The molecule has 0 bridgehead atoms. The Morgan fingerprint density at radius 1 is 0.957 bits per heavy atom. The molecule has 1 aliphatic rings. The van der Waals surface area contributed by atoms with Crippen molar-refractivity contribution in [2.24, 2.45) is 0 Å². The summed E-state index contributed by atoms with van der Waals surface area (Å²) in [6, 6.07) is 11.7. The van der Waals surface area contributed by atoms with Crippen LogP contribution >= 0.6 is 23.2 Å². The second-order valence-corrected chi connectivity index (χ2v) is 6.28. The lowest BCUT2D eigenvalue weighted by Crippen LogP contribution is -2.27. The maximum Gasteiger partial charge on any atom is 0.255 e. The summed E-state index contributed by atoms with van der Waals surface area (Å²) in [5.74, 6) is -0.561. The van der Waals surface area contributed by atoms with E-state index in [0.29, 0.717) is 26.9 Å². The van der Waals surface area contributed by atoms with E-state index in [2.05, 4.69) is 10.6 Å². The zero-order chi connectivity index (χ0) is 16.4. The Bertz CT molecular complexity index is 753. The maximum absolute atomic E-state index is 12.4. The molecule has 0 spiro atoms. The van der Waals surface area contributed by atoms with Crippen LogP contribution in [0.15, 0.2) is 42.5 Å². The van der Waals surface area contributed by atoms with Gasteiger partial charge in [0.15, 0.2) is 0 Å². The number of halogens is 2. The molecular weight excluding hydrogens is 335 g/mol. The molecule has 0 atom stereocenters. The van der Waals surface area contributed by atoms with Gasteiger partial charge >= 0.3 is 0 Å².